The monoisotopic (exact) mass is 458 g/mol. The number of hydrogen-bond donors (Lipinski definition) is 0. The van der Waals surface area contributed by atoms with Crippen LogP contribution in [-0.4, -0.2) is 4.61 Å². The Bertz CT molecular complexity index is 8.00. The van der Waals surface area contributed by atoms with Crippen molar-refractivity contribution in [2.75, 3.05) is 0 Å². The van der Waals surface area contributed by atoms with Gasteiger partial charge in [0.25, 0.3) is 0 Å². The number of rotatable bonds is 0. The summed E-state index contributed by atoms with van der Waals surface area (Å²) in [6, 6.07) is 0. The van der Waals surface area contributed by atoms with Gasteiger partial charge < -0.3 is 0 Å². The Morgan fingerprint density at radius 1 is 1.00 bits per heavy atom. The molecule has 0 bridgehead atoms. The molecule has 0 aliphatic carbocycles. The van der Waals surface area contributed by atoms with Gasteiger partial charge in [-0.15, -0.1) is 0 Å². The van der Waals surface area contributed by atoms with E-state index in [-0.39, 0.29) is 4.61 Å². The first kappa shape index (κ1) is 6.75. The Labute approximate surface area is 63.3 Å². The summed E-state index contributed by atoms with van der Waals surface area (Å²) in [5, 5.41) is 0. The predicted molar refractivity (Wildman–Crippen MR) is 47.8 cm³/mol. The molecule has 0 aromatic carbocycles. The summed E-state index contributed by atoms with van der Waals surface area (Å²) in [5.41, 5.74) is 0. The van der Waals surface area contributed by atoms with Crippen LogP contribution in [0.1, 0.15) is 0 Å². The zero-order valence-corrected chi connectivity index (χ0v) is 9.93. The van der Waals surface area contributed by atoms with Crippen molar-refractivity contribution in [2.45, 2.75) is 0 Å². The van der Waals surface area contributed by atoms with E-state index in [1.807, 2.05) is 0 Å². The van der Waals surface area contributed by atoms with E-state index >= 15 is 0 Å². The summed E-state index contributed by atoms with van der Waals surface area (Å²) < 4.78 is -0.278. The van der Waals surface area contributed by atoms with Crippen molar-refractivity contribution in [2.24, 2.45) is 0 Å². The van der Waals surface area contributed by atoms with Crippen molar-refractivity contribution in [3.63, 3.8) is 0 Å². The van der Waals surface area contributed by atoms with E-state index in [0.29, 0.717) is 0 Å². The SMILES string of the molecule is I[77As](I)I. The van der Waals surface area contributed by atoms with Gasteiger partial charge in [0, 0.05) is 0 Å². The van der Waals surface area contributed by atoms with Crippen LogP contribution < -0.4 is 0 Å². The minimum absolute atomic E-state index is 0.278. The van der Waals surface area contributed by atoms with Crippen LogP contribution in [-0.2, 0) is 0 Å². The zero-order chi connectivity index (χ0) is 3.58. The number of hydrogen-bond acceptors (Lipinski definition) is 0. The predicted octanol–water partition coefficient (Wildman–Crippen LogP) is 2.28. The van der Waals surface area contributed by atoms with E-state index in [0.717, 1.165) is 0 Å². The third-order valence-corrected chi connectivity index (χ3v) is 0. The van der Waals surface area contributed by atoms with Crippen molar-refractivity contribution in [3.8, 4) is 0 Å². The molecule has 0 fully saturated rings. The Balaban J connectivity index is 2.32. The maximum atomic E-state index is 2.46. The van der Waals surface area contributed by atoms with Gasteiger partial charge in [-0.1, -0.05) is 0 Å². The molecule has 0 heterocycles. The van der Waals surface area contributed by atoms with Gasteiger partial charge in [0.05, 0.1) is 0 Å². The second-order valence-electron chi connectivity index (χ2n) is 0.192. The van der Waals surface area contributed by atoms with E-state index in [1.54, 1.807) is 0 Å². The van der Waals surface area contributed by atoms with Crippen molar-refractivity contribution in [1.82, 2.24) is 0 Å². The van der Waals surface area contributed by atoms with Gasteiger partial charge in [0.2, 0.25) is 0 Å². The molecule has 0 saturated carbocycles. The third-order valence-electron chi connectivity index (χ3n) is 0. The van der Waals surface area contributed by atoms with Crippen LogP contribution >= 0.6 is 60.4 Å². The summed E-state index contributed by atoms with van der Waals surface area (Å²) in [4.78, 5) is 0. The molecule has 0 aromatic rings. The molecule has 4 heteroatoms. The van der Waals surface area contributed by atoms with Gasteiger partial charge in [0.15, 0.2) is 0 Å². The first-order valence-corrected chi connectivity index (χ1v) is 17.7. The third kappa shape index (κ3) is 8.83. The van der Waals surface area contributed by atoms with Crippen molar-refractivity contribution < 1.29 is 0 Å². The second-order valence-corrected chi connectivity index (χ2v) is 44.8. The summed E-state index contributed by atoms with van der Waals surface area (Å²) in [6.45, 7) is 0. The van der Waals surface area contributed by atoms with E-state index in [9.17, 15) is 0 Å². The molecule has 0 spiro atoms. The molecule has 0 aromatic heterocycles. The van der Waals surface area contributed by atoms with Crippen molar-refractivity contribution >= 4 is 65.0 Å². The van der Waals surface area contributed by atoms with E-state index in [2.05, 4.69) is 60.4 Å². The summed E-state index contributed by atoms with van der Waals surface area (Å²) in [5.74, 6) is 0. The number of halogens is 3. The normalized spacial score (nSPS) is 9.00. The van der Waals surface area contributed by atoms with Crippen LogP contribution in [0.15, 0.2) is 0 Å². The van der Waals surface area contributed by atoms with Crippen LogP contribution in [0, 0.1) is 0 Å². The quantitative estimate of drug-likeness (QED) is 0.387. The van der Waals surface area contributed by atoms with Crippen molar-refractivity contribution in [1.29, 1.82) is 0 Å². The fourth-order valence-electron chi connectivity index (χ4n) is 0. The van der Waals surface area contributed by atoms with Gasteiger partial charge in [-0.05, 0) is 0 Å². The average molecular weight is 458 g/mol. The van der Waals surface area contributed by atoms with E-state index in [4.69, 9.17) is 0 Å². The molecular formula is AsI3. The fourth-order valence-corrected chi connectivity index (χ4v) is 0. The molecular weight excluding hydrogens is 458 g/mol. The Hall–Kier alpha value is 2.75. The first-order valence-electron chi connectivity index (χ1n) is 0.507. The Morgan fingerprint density at radius 3 is 1.00 bits per heavy atom. The molecule has 0 atom stereocenters. The molecule has 26 valence electrons. The van der Waals surface area contributed by atoms with Crippen molar-refractivity contribution in [3.05, 3.63) is 0 Å². The molecule has 0 amide bonds. The summed E-state index contributed by atoms with van der Waals surface area (Å²) in [6.07, 6.45) is 0. The Kier molecular flexibility index (Phi) is 6.62. The van der Waals surface area contributed by atoms with Crippen LogP contribution in [0.25, 0.3) is 0 Å². The van der Waals surface area contributed by atoms with Gasteiger partial charge in [-0.25, -0.2) is 0 Å². The summed E-state index contributed by atoms with van der Waals surface area (Å²) in [7, 11) is 0. The van der Waals surface area contributed by atoms with Crippen LogP contribution in [0.3, 0.4) is 0 Å². The molecule has 0 rings (SSSR count). The van der Waals surface area contributed by atoms with Crippen LogP contribution in [0.2, 0.25) is 0 Å². The fraction of sp³-hybridized carbons (Fsp3) is 0. The summed E-state index contributed by atoms with van der Waals surface area (Å²) >= 11 is 7.39. The van der Waals surface area contributed by atoms with Crippen LogP contribution in [0.4, 0.5) is 0 Å². The second kappa shape index (κ2) is 3.92. The van der Waals surface area contributed by atoms with Gasteiger partial charge in [0.1, 0.15) is 0 Å². The first-order chi connectivity index (χ1) is 1.73. The van der Waals surface area contributed by atoms with E-state index in [1.165, 1.54) is 0 Å². The van der Waals surface area contributed by atoms with Gasteiger partial charge in [-0.3, -0.25) is 0 Å². The molecule has 0 radical (unpaired) electrons. The Morgan fingerprint density at radius 2 is 1.00 bits per heavy atom. The molecule has 0 aliphatic heterocycles. The molecule has 4 heavy (non-hydrogen) atoms. The topological polar surface area (TPSA) is 0 Å². The van der Waals surface area contributed by atoms with Crippen LogP contribution in [0.5, 0.6) is 0 Å². The van der Waals surface area contributed by atoms with Gasteiger partial charge >= 0.3 is 65.0 Å². The average Bonchev–Trinajstić information content (AvgIpc) is 0.811. The molecule has 0 saturated heterocycles. The molecule has 0 aliphatic rings. The molecule has 0 N–H and O–H groups in total. The standard InChI is InChI=1S/AsI3/c2-1(3)4/i1+2. The van der Waals surface area contributed by atoms with E-state index < -0.39 is 0 Å². The minimum atomic E-state index is -0.278. The molecule has 0 unspecified atom stereocenters. The maximum absolute atomic E-state index is 2.46. The molecule has 0 nitrogen and oxygen atoms in total. The zero-order valence-electron chi connectivity index (χ0n) is 1.58. The van der Waals surface area contributed by atoms with Gasteiger partial charge in [-0.2, -0.15) is 0 Å².